The van der Waals surface area contributed by atoms with Crippen LogP contribution in [0.1, 0.15) is 12.5 Å². The molecule has 0 atom stereocenters. The molecule has 1 amide bonds. The third kappa shape index (κ3) is 4.20. The van der Waals surface area contributed by atoms with Gasteiger partial charge in [0.15, 0.2) is 5.16 Å². The number of amides is 1. The second kappa shape index (κ2) is 8.42. The number of carbonyl (C=O) groups is 1. The van der Waals surface area contributed by atoms with Crippen LogP contribution in [0.5, 0.6) is 5.75 Å². The van der Waals surface area contributed by atoms with Crippen LogP contribution in [0.2, 0.25) is 0 Å². The van der Waals surface area contributed by atoms with Crippen LogP contribution < -0.4 is 15.7 Å². The van der Waals surface area contributed by atoms with E-state index >= 15 is 0 Å². The van der Waals surface area contributed by atoms with Gasteiger partial charge in [-0.3, -0.25) is 9.36 Å². The molecule has 0 aliphatic rings. The quantitative estimate of drug-likeness (QED) is 0.374. The first-order valence-electron chi connectivity index (χ1n) is 9.05. The third-order valence-corrected chi connectivity index (χ3v) is 5.37. The normalized spacial score (nSPS) is 10.9. The molecule has 2 aromatic carbocycles. The first-order valence-corrected chi connectivity index (χ1v) is 10.0. The van der Waals surface area contributed by atoms with Gasteiger partial charge in [-0.25, -0.2) is 4.79 Å². The van der Waals surface area contributed by atoms with Crippen LogP contribution in [0.25, 0.3) is 16.7 Å². The predicted octanol–water partition coefficient (Wildman–Crippen LogP) is 3.63. The Morgan fingerprint density at radius 2 is 2.00 bits per heavy atom. The average Bonchev–Trinajstić information content (AvgIpc) is 3.20. The second-order valence-electron chi connectivity index (χ2n) is 6.45. The summed E-state index contributed by atoms with van der Waals surface area (Å²) in [7, 11) is 1.62. The smallest absolute Gasteiger partial charge is 0.336 e. The molecule has 0 aliphatic carbocycles. The summed E-state index contributed by atoms with van der Waals surface area (Å²) in [6.07, 6.45) is 1.64. The highest BCUT2D eigenvalue weighted by atomic mass is 32.2. The van der Waals surface area contributed by atoms with E-state index < -0.39 is 5.63 Å². The molecule has 4 rings (SSSR count). The van der Waals surface area contributed by atoms with Crippen LogP contribution in [0.15, 0.2) is 69.2 Å². The van der Waals surface area contributed by atoms with Gasteiger partial charge in [0, 0.05) is 41.6 Å². The van der Waals surface area contributed by atoms with Gasteiger partial charge in [-0.15, -0.1) is 10.2 Å². The van der Waals surface area contributed by atoms with Gasteiger partial charge < -0.3 is 14.5 Å². The zero-order valence-corrected chi connectivity index (χ0v) is 17.1. The number of nitrogens with zero attached hydrogens (tertiary/aromatic N) is 3. The number of hydrogen-bond acceptors (Lipinski definition) is 7. The fraction of sp³-hybridized carbons (Fsp3) is 0.143. The molecule has 0 unspecified atom stereocenters. The Balaban J connectivity index is 1.60. The van der Waals surface area contributed by atoms with Crippen molar-refractivity contribution in [3.63, 3.8) is 0 Å². The molecule has 2 heterocycles. The molecule has 1 N–H and O–H groups in total. The minimum Gasteiger partial charge on any atom is -0.497 e. The monoisotopic (exact) mass is 422 g/mol. The van der Waals surface area contributed by atoms with Crippen molar-refractivity contribution < 1.29 is 13.9 Å². The fourth-order valence-corrected chi connectivity index (χ4v) is 3.94. The summed E-state index contributed by atoms with van der Waals surface area (Å²) in [5, 5.41) is 12.4. The Morgan fingerprint density at radius 1 is 1.20 bits per heavy atom. The van der Waals surface area contributed by atoms with E-state index in [1.165, 1.54) is 24.8 Å². The SMILES string of the molecule is COc1ccc(-n2cnnc2SCc2cc(=O)oc3cc(NC(C)=O)ccc23)cc1. The Hall–Kier alpha value is -3.59. The summed E-state index contributed by atoms with van der Waals surface area (Å²) >= 11 is 1.46. The number of benzene rings is 2. The van der Waals surface area contributed by atoms with Crippen molar-refractivity contribution in [3.8, 4) is 11.4 Å². The van der Waals surface area contributed by atoms with Crippen molar-refractivity contribution in [3.05, 3.63) is 70.8 Å². The van der Waals surface area contributed by atoms with Crippen molar-refractivity contribution in [2.45, 2.75) is 17.8 Å². The van der Waals surface area contributed by atoms with Crippen molar-refractivity contribution in [2.75, 3.05) is 12.4 Å². The van der Waals surface area contributed by atoms with Gasteiger partial charge in [0.25, 0.3) is 0 Å². The highest BCUT2D eigenvalue weighted by Crippen LogP contribution is 2.28. The van der Waals surface area contributed by atoms with E-state index in [1.54, 1.807) is 25.6 Å². The summed E-state index contributed by atoms with van der Waals surface area (Å²) in [5.41, 5.74) is 2.25. The number of methoxy groups -OCH3 is 1. The number of rotatable bonds is 6. The van der Waals surface area contributed by atoms with Gasteiger partial charge in [0.2, 0.25) is 5.91 Å². The van der Waals surface area contributed by atoms with Crippen LogP contribution in [0.3, 0.4) is 0 Å². The fourth-order valence-electron chi connectivity index (χ4n) is 3.02. The number of fused-ring (bicyclic) bond motifs is 1. The lowest BCUT2D eigenvalue weighted by molar-refractivity contribution is -0.114. The molecule has 30 heavy (non-hydrogen) atoms. The van der Waals surface area contributed by atoms with E-state index in [0.717, 1.165) is 22.4 Å². The molecule has 0 saturated heterocycles. The Bertz CT molecular complexity index is 1260. The average molecular weight is 422 g/mol. The maximum Gasteiger partial charge on any atom is 0.336 e. The van der Waals surface area contributed by atoms with Crippen molar-refractivity contribution in [1.82, 2.24) is 14.8 Å². The molecule has 0 radical (unpaired) electrons. The number of thioether (sulfide) groups is 1. The zero-order chi connectivity index (χ0) is 21.1. The molecule has 8 nitrogen and oxygen atoms in total. The Morgan fingerprint density at radius 3 is 2.73 bits per heavy atom. The minimum absolute atomic E-state index is 0.193. The largest absolute Gasteiger partial charge is 0.497 e. The Kier molecular flexibility index (Phi) is 5.53. The number of aromatic nitrogens is 3. The Labute approximate surface area is 175 Å². The van der Waals surface area contributed by atoms with Gasteiger partial charge in [-0.05, 0) is 42.0 Å². The van der Waals surface area contributed by atoms with Crippen molar-refractivity contribution in [1.29, 1.82) is 0 Å². The molecule has 9 heteroatoms. The second-order valence-corrected chi connectivity index (χ2v) is 7.40. The van der Waals surface area contributed by atoms with Crippen molar-refractivity contribution in [2.24, 2.45) is 0 Å². The maximum absolute atomic E-state index is 12.0. The molecule has 152 valence electrons. The summed E-state index contributed by atoms with van der Waals surface area (Å²) in [4.78, 5) is 23.3. The lowest BCUT2D eigenvalue weighted by Gasteiger charge is -2.09. The lowest BCUT2D eigenvalue weighted by atomic mass is 10.1. The summed E-state index contributed by atoms with van der Waals surface area (Å²) < 4.78 is 12.4. The van der Waals surface area contributed by atoms with Crippen LogP contribution >= 0.6 is 11.8 Å². The van der Waals surface area contributed by atoms with E-state index in [1.807, 2.05) is 34.9 Å². The first-order chi connectivity index (χ1) is 14.5. The zero-order valence-electron chi connectivity index (χ0n) is 16.3. The van der Waals surface area contributed by atoms with Crippen LogP contribution in [-0.4, -0.2) is 27.8 Å². The molecule has 0 fully saturated rings. The van der Waals surface area contributed by atoms with Crippen LogP contribution in [0.4, 0.5) is 5.69 Å². The number of nitrogens with one attached hydrogen (secondary N) is 1. The summed E-state index contributed by atoms with van der Waals surface area (Å²) in [6.45, 7) is 1.42. The minimum atomic E-state index is -0.449. The maximum atomic E-state index is 12.0. The number of carbonyl (C=O) groups excluding carboxylic acids is 1. The van der Waals surface area contributed by atoms with E-state index in [2.05, 4.69) is 15.5 Å². The molecule has 0 aliphatic heterocycles. The van der Waals surface area contributed by atoms with Gasteiger partial charge >= 0.3 is 5.63 Å². The van der Waals surface area contributed by atoms with Gasteiger partial charge in [-0.2, -0.15) is 0 Å². The van der Waals surface area contributed by atoms with Gasteiger partial charge in [-0.1, -0.05) is 11.8 Å². The molecule has 4 aromatic rings. The van der Waals surface area contributed by atoms with Gasteiger partial charge in [0.05, 0.1) is 7.11 Å². The van der Waals surface area contributed by atoms with E-state index in [0.29, 0.717) is 22.2 Å². The van der Waals surface area contributed by atoms with E-state index in [4.69, 9.17) is 9.15 Å². The standard InChI is InChI=1S/C21H18N4O4S/c1-13(26)23-15-3-8-18-14(9-20(27)29-19(18)10-15)11-30-21-24-22-12-25(21)16-4-6-17(28-2)7-5-16/h3-10,12H,11H2,1-2H3,(H,23,26). The molecule has 2 aromatic heterocycles. The van der Waals surface area contributed by atoms with Crippen LogP contribution in [-0.2, 0) is 10.5 Å². The molecule has 0 spiro atoms. The van der Waals surface area contributed by atoms with E-state index in [-0.39, 0.29) is 5.91 Å². The molecular formula is C21H18N4O4S. The summed E-state index contributed by atoms with van der Waals surface area (Å²) in [6, 6.07) is 14.3. The molecule has 0 saturated carbocycles. The lowest BCUT2D eigenvalue weighted by Crippen LogP contribution is -2.06. The molecule has 0 bridgehead atoms. The number of anilines is 1. The predicted molar refractivity (Wildman–Crippen MR) is 114 cm³/mol. The highest BCUT2D eigenvalue weighted by Gasteiger charge is 2.12. The summed E-state index contributed by atoms with van der Waals surface area (Å²) in [5.74, 6) is 1.07. The molecular weight excluding hydrogens is 404 g/mol. The third-order valence-electron chi connectivity index (χ3n) is 4.37. The number of ether oxygens (including phenoxy) is 1. The van der Waals surface area contributed by atoms with Gasteiger partial charge in [0.1, 0.15) is 17.7 Å². The first kappa shape index (κ1) is 19.7. The van der Waals surface area contributed by atoms with Crippen LogP contribution in [0, 0.1) is 0 Å². The topological polar surface area (TPSA) is 99.2 Å². The van der Waals surface area contributed by atoms with Crippen molar-refractivity contribution >= 4 is 34.3 Å². The number of hydrogen-bond donors (Lipinski definition) is 1. The highest BCUT2D eigenvalue weighted by molar-refractivity contribution is 7.98. The van der Waals surface area contributed by atoms with E-state index in [9.17, 15) is 9.59 Å².